The molecule has 0 N–H and O–H groups in total. The van der Waals surface area contributed by atoms with Crippen LogP contribution in [0.15, 0.2) is 94.3 Å². The van der Waals surface area contributed by atoms with E-state index in [-0.39, 0.29) is 0 Å². The van der Waals surface area contributed by atoms with Gasteiger partial charge in [-0.2, -0.15) is 4.31 Å². The zero-order valence-electron chi connectivity index (χ0n) is 18.4. The lowest BCUT2D eigenvalue weighted by atomic mass is 9.97. The van der Waals surface area contributed by atoms with Crippen LogP contribution in [0, 0.1) is 6.92 Å². The molecule has 0 saturated heterocycles. The van der Waals surface area contributed by atoms with Crippen LogP contribution in [-0.4, -0.2) is 30.4 Å². The van der Waals surface area contributed by atoms with E-state index in [1.165, 1.54) is 33.3 Å². The lowest BCUT2D eigenvalue weighted by molar-refractivity contribution is 0.441. The van der Waals surface area contributed by atoms with Crippen LogP contribution >= 0.6 is 15.9 Å². The Hall–Kier alpha value is -2.67. The minimum absolute atomic E-state index is 0.332. The second kappa shape index (κ2) is 8.93. The Kier molecular flexibility index (Phi) is 5.99. The minimum Gasteiger partial charge on any atom is -0.340 e. The highest BCUT2D eigenvalue weighted by Gasteiger charge is 2.28. The molecule has 168 valence electrons. The maximum Gasteiger partial charge on any atom is 0.243 e. The lowest BCUT2D eigenvalue weighted by Gasteiger charge is -2.26. The molecule has 3 aromatic carbocycles. The Morgan fingerprint density at radius 3 is 2.30 bits per heavy atom. The maximum absolute atomic E-state index is 13.1. The van der Waals surface area contributed by atoms with Crippen molar-refractivity contribution in [3.05, 3.63) is 106 Å². The Morgan fingerprint density at radius 2 is 1.61 bits per heavy atom. The molecule has 0 atom stereocenters. The molecular weight excluding hydrogens is 496 g/mol. The standard InChI is InChI=1S/C27H25BrN2O2S/c1-20-27(25-9-5-6-10-26(25)30(20)19-21-7-3-2-4-8-21)22-15-17-29(18-16-22)33(31,32)24-13-11-23(28)12-14-24/h2-15H,16-19H2,1H3. The first-order valence-corrected chi connectivity index (χ1v) is 13.3. The summed E-state index contributed by atoms with van der Waals surface area (Å²) in [5.41, 5.74) is 6.15. The molecule has 5 rings (SSSR count). The monoisotopic (exact) mass is 520 g/mol. The van der Waals surface area contributed by atoms with Gasteiger partial charge in [-0.1, -0.05) is 70.5 Å². The quantitative estimate of drug-likeness (QED) is 0.312. The predicted molar refractivity (Wildman–Crippen MR) is 138 cm³/mol. The van der Waals surface area contributed by atoms with Crippen LogP contribution in [0.2, 0.25) is 0 Å². The molecule has 33 heavy (non-hydrogen) atoms. The highest BCUT2D eigenvalue weighted by Crippen LogP contribution is 2.35. The first kappa shape index (κ1) is 22.1. The van der Waals surface area contributed by atoms with Crippen LogP contribution in [0.1, 0.15) is 23.2 Å². The van der Waals surface area contributed by atoms with E-state index in [1.54, 1.807) is 28.6 Å². The van der Waals surface area contributed by atoms with E-state index in [2.05, 4.69) is 82.0 Å². The summed E-state index contributed by atoms with van der Waals surface area (Å²) in [5.74, 6) is 0. The number of sulfonamides is 1. The van der Waals surface area contributed by atoms with Crippen molar-refractivity contribution >= 4 is 42.4 Å². The molecule has 0 aliphatic carbocycles. The molecule has 1 aliphatic heterocycles. The molecule has 0 bridgehead atoms. The number of para-hydroxylation sites is 1. The molecule has 0 fully saturated rings. The highest BCUT2D eigenvalue weighted by atomic mass is 79.9. The second-order valence-electron chi connectivity index (χ2n) is 8.35. The van der Waals surface area contributed by atoms with Gasteiger partial charge in [-0.05, 0) is 54.8 Å². The van der Waals surface area contributed by atoms with Crippen molar-refractivity contribution in [2.75, 3.05) is 13.1 Å². The van der Waals surface area contributed by atoms with E-state index in [0.717, 1.165) is 11.0 Å². The summed E-state index contributed by atoms with van der Waals surface area (Å²) in [6.45, 7) is 3.84. The van der Waals surface area contributed by atoms with Crippen molar-refractivity contribution in [3.63, 3.8) is 0 Å². The van der Waals surface area contributed by atoms with Crippen molar-refractivity contribution in [2.45, 2.75) is 24.8 Å². The van der Waals surface area contributed by atoms with Gasteiger partial charge >= 0.3 is 0 Å². The van der Waals surface area contributed by atoms with Gasteiger partial charge in [0.25, 0.3) is 0 Å². The van der Waals surface area contributed by atoms with Gasteiger partial charge in [-0.25, -0.2) is 8.42 Å². The van der Waals surface area contributed by atoms with E-state index < -0.39 is 10.0 Å². The molecule has 1 aromatic heterocycles. The smallest absolute Gasteiger partial charge is 0.243 e. The number of aromatic nitrogens is 1. The van der Waals surface area contributed by atoms with E-state index in [0.29, 0.717) is 24.4 Å². The molecule has 0 unspecified atom stereocenters. The second-order valence-corrected chi connectivity index (χ2v) is 11.2. The Balaban J connectivity index is 1.49. The fourth-order valence-electron chi connectivity index (χ4n) is 4.66. The summed E-state index contributed by atoms with van der Waals surface area (Å²) in [7, 11) is -3.51. The van der Waals surface area contributed by atoms with Crippen molar-refractivity contribution in [3.8, 4) is 0 Å². The van der Waals surface area contributed by atoms with Gasteiger partial charge < -0.3 is 4.57 Å². The van der Waals surface area contributed by atoms with Crippen molar-refractivity contribution < 1.29 is 8.42 Å². The molecule has 4 aromatic rings. The van der Waals surface area contributed by atoms with Gasteiger partial charge in [-0.3, -0.25) is 0 Å². The fourth-order valence-corrected chi connectivity index (χ4v) is 6.30. The number of hydrogen-bond donors (Lipinski definition) is 0. The minimum atomic E-state index is -3.51. The summed E-state index contributed by atoms with van der Waals surface area (Å²) in [6.07, 6.45) is 2.78. The van der Waals surface area contributed by atoms with E-state index in [9.17, 15) is 8.42 Å². The molecule has 2 heterocycles. The van der Waals surface area contributed by atoms with E-state index >= 15 is 0 Å². The molecule has 0 saturated carbocycles. The normalized spacial score (nSPS) is 15.0. The number of halogens is 1. The molecule has 6 heteroatoms. The van der Waals surface area contributed by atoms with Gasteiger partial charge in [0.2, 0.25) is 10.0 Å². The Morgan fingerprint density at radius 1 is 0.909 bits per heavy atom. The predicted octanol–water partition coefficient (Wildman–Crippen LogP) is 6.24. The third-order valence-electron chi connectivity index (χ3n) is 6.36. The number of fused-ring (bicyclic) bond motifs is 1. The zero-order valence-corrected chi connectivity index (χ0v) is 20.8. The highest BCUT2D eigenvalue weighted by molar-refractivity contribution is 9.10. The van der Waals surface area contributed by atoms with Gasteiger partial charge in [-0.15, -0.1) is 0 Å². The average molecular weight is 521 g/mol. The van der Waals surface area contributed by atoms with Gasteiger partial charge in [0.05, 0.1) is 4.90 Å². The first-order chi connectivity index (χ1) is 15.9. The number of rotatable bonds is 5. The summed E-state index contributed by atoms with van der Waals surface area (Å²) < 4.78 is 31.0. The van der Waals surface area contributed by atoms with E-state index in [1.807, 2.05) is 6.07 Å². The Labute approximate surface area is 203 Å². The zero-order chi connectivity index (χ0) is 23.0. The number of benzene rings is 3. The number of nitrogens with zero attached hydrogens (tertiary/aromatic N) is 2. The van der Waals surface area contributed by atoms with Crippen LogP contribution in [0.3, 0.4) is 0 Å². The largest absolute Gasteiger partial charge is 0.340 e. The summed E-state index contributed by atoms with van der Waals surface area (Å²) in [5, 5.41) is 1.22. The molecule has 1 aliphatic rings. The first-order valence-electron chi connectivity index (χ1n) is 11.0. The molecule has 0 radical (unpaired) electrons. The van der Waals surface area contributed by atoms with E-state index in [4.69, 9.17) is 0 Å². The summed E-state index contributed by atoms with van der Waals surface area (Å²) in [6, 6.07) is 25.8. The average Bonchev–Trinajstić information content (AvgIpc) is 3.11. The van der Waals surface area contributed by atoms with Crippen LogP contribution < -0.4 is 0 Å². The molecule has 4 nitrogen and oxygen atoms in total. The third-order valence-corrected chi connectivity index (χ3v) is 8.77. The van der Waals surface area contributed by atoms with Gasteiger partial charge in [0.1, 0.15) is 0 Å². The molecular formula is C27H25BrN2O2S. The lowest BCUT2D eigenvalue weighted by Crippen LogP contribution is -2.34. The number of hydrogen-bond acceptors (Lipinski definition) is 2. The topological polar surface area (TPSA) is 42.3 Å². The Bertz CT molecular complexity index is 1440. The molecule has 0 spiro atoms. The fraction of sp³-hybridized carbons (Fsp3) is 0.185. The van der Waals surface area contributed by atoms with Gasteiger partial charge in [0, 0.05) is 46.3 Å². The van der Waals surface area contributed by atoms with Crippen molar-refractivity contribution in [1.29, 1.82) is 0 Å². The maximum atomic E-state index is 13.1. The molecule has 0 amide bonds. The SMILES string of the molecule is Cc1c(C2=CCN(S(=O)(=O)c3ccc(Br)cc3)CC2)c2ccccc2n1Cc1ccccc1. The third kappa shape index (κ3) is 4.19. The van der Waals surface area contributed by atoms with Crippen LogP contribution in [0.5, 0.6) is 0 Å². The summed E-state index contributed by atoms with van der Waals surface area (Å²) >= 11 is 3.37. The van der Waals surface area contributed by atoms with Gasteiger partial charge in [0.15, 0.2) is 0 Å². The van der Waals surface area contributed by atoms with Crippen LogP contribution in [-0.2, 0) is 16.6 Å². The van der Waals surface area contributed by atoms with Crippen LogP contribution in [0.4, 0.5) is 0 Å². The summed E-state index contributed by atoms with van der Waals surface area (Å²) in [4.78, 5) is 0.332. The van der Waals surface area contributed by atoms with Crippen LogP contribution in [0.25, 0.3) is 16.5 Å². The van der Waals surface area contributed by atoms with Crippen molar-refractivity contribution in [1.82, 2.24) is 8.87 Å². The van der Waals surface area contributed by atoms with Crippen molar-refractivity contribution in [2.24, 2.45) is 0 Å².